The largest absolute Gasteiger partial charge is 0.480 e. The Hall–Kier alpha value is -3.62. The van der Waals surface area contributed by atoms with E-state index in [0.29, 0.717) is 45.4 Å². The third-order valence-electron chi connectivity index (χ3n) is 7.27. The number of aryl methyl sites for hydroxylation is 2. The number of hydrogen-bond donors (Lipinski definition) is 1. The number of rotatable bonds is 4. The average molecular weight is 549 g/mol. The fourth-order valence-electron chi connectivity index (χ4n) is 5.73. The molecular weight excluding hydrogens is 523 g/mol. The second kappa shape index (κ2) is 8.71. The molecule has 0 fully saturated rings. The number of nitrogens with one attached hydrogen (secondary N) is 1. The number of aromatic nitrogens is 4. The molecule has 2 aliphatic rings. The van der Waals surface area contributed by atoms with Crippen molar-refractivity contribution in [1.29, 1.82) is 0 Å². The van der Waals surface area contributed by atoms with Crippen LogP contribution in [0.2, 0.25) is 10.0 Å². The number of benzene rings is 2. The SMILES string of the molecule is COc1nc(C)ncc1-c1nc2c(n1C(C)C)C1(C(=O)Nc3cc(Cl)ccc31)N(c1cc(Cl)ccc1C)C2. The van der Waals surface area contributed by atoms with E-state index in [1.165, 1.54) is 0 Å². The van der Waals surface area contributed by atoms with Crippen LogP contribution in [0.25, 0.3) is 11.4 Å². The van der Waals surface area contributed by atoms with Gasteiger partial charge in [0.15, 0.2) is 5.54 Å². The van der Waals surface area contributed by atoms with Gasteiger partial charge in [0.2, 0.25) is 5.88 Å². The Labute approximate surface area is 230 Å². The van der Waals surface area contributed by atoms with E-state index in [1.807, 2.05) is 44.2 Å². The monoisotopic (exact) mass is 548 g/mol. The van der Waals surface area contributed by atoms with Crippen LogP contribution in [0, 0.1) is 13.8 Å². The molecule has 194 valence electrons. The lowest BCUT2D eigenvalue weighted by Crippen LogP contribution is -2.49. The van der Waals surface area contributed by atoms with Gasteiger partial charge in [0.05, 0.1) is 30.6 Å². The molecule has 0 aliphatic carbocycles. The summed E-state index contributed by atoms with van der Waals surface area (Å²) in [7, 11) is 1.58. The van der Waals surface area contributed by atoms with Gasteiger partial charge in [-0.05, 0) is 57.5 Å². The highest BCUT2D eigenvalue weighted by atomic mass is 35.5. The molecule has 1 unspecified atom stereocenters. The number of carbonyl (C=O) groups excluding carboxylic acids is 1. The Morgan fingerprint density at radius 2 is 1.82 bits per heavy atom. The van der Waals surface area contributed by atoms with E-state index >= 15 is 0 Å². The van der Waals surface area contributed by atoms with Crippen LogP contribution in [0.15, 0.2) is 42.6 Å². The van der Waals surface area contributed by atoms with Crippen LogP contribution in [0.4, 0.5) is 11.4 Å². The van der Waals surface area contributed by atoms with Crippen LogP contribution in [0.3, 0.4) is 0 Å². The molecule has 4 heterocycles. The Morgan fingerprint density at radius 1 is 1.08 bits per heavy atom. The predicted molar refractivity (Wildman–Crippen MR) is 148 cm³/mol. The van der Waals surface area contributed by atoms with Crippen LogP contribution in [0.5, 0.6) is 5.88 Å². The third-order valence-corrected chi connectivity index (χ3v) is 7.74. The third kappa shape index (κ3) is 3.36. The van der Waals surface area contributed by atoms with E-state index in [1.54, 1.807) is 19.4 Å². The van der Waals surface area contributed by atoms with E-state index in [9.17, 15) is 4.79 Å². The number of nitrogens with zero attached hydrogens (tertiary/aromatic N) is 5. The zero-order chi connectivity index (χ0) is 26.9. The summed E-state index contributed by atoms with van der Waals surface area (Å²) in [6.07, 6.45) is 1.73. The fourth-order valence-corrected chi connectivity index (χ4v) is 6.07. The fraction of sp³-hybridized carbons (Fsp3) is 0.286. The van der Waals surface area contributed by atoms with Crippen molar-refractivity contribution >= 4 is 40.5 Å². The number of imidazole rings is 1. The molecule has 8 nitrogen and oxygen atoms in total. The quantitative estimate of drug-likeness (QED) is 0.333. The first-order valence-corrected chi connectivity index (χ1v) is 13.1. The van der Waals surface area contributed by atoms with Crippen molar-refractivity contribution in [3.8, 4) is 17.3 Å². The molecule has 2 aliphatic heterocycles. The predicted octanol–water partition coefficient (Wildman–Crippen LogP) is 6.07. The van der Waals surface area contributed by atoms with Crippen LogP contribution in [-0.2, 0) is 16.9 Å². The number of ether oxygens (including phenoxy) is 1. The lowest BCUT2D eigenvalue weighted by molar-refractivity contribution is -0.119. The molecule has 1 spiro atoms. The second-order valence-electron chi connectivity index (χ2n) is 9.91. The highest BCUT2D eigenvalue weighted by molar-refractivity contribution is 6.31. The van der Waals surface area contributed by atoms with Crippen LogP contribution < -0.4 is 15.0 Å². The number of carbonyl (C=O) groups is 1. The van der Waals surface area contributed by atoms with Crippen molar-refractivity contribution in [2.24, 2.45) is 0 Å². The van der Waals surface area contributed by atoms with Crippen LogP contribution >= 0.6 is 23.2 Å². The molecule has 2 aromatic carbocycles. The van der Waals surface area contributed by atoms with Gasteiger partial charge in [-0.1, -0.05) is 35.3 Å². The molecule has 0 radical (unpaired) electrons. The molecule has 10 heteroatoms. The van der Waals surface area contributed by atoms with Crippen molar-refractivity contribution in [3.63, 3.8) is 0 Å². The van der Waals surface area contributed by atoms with E-state index < -0.39 is 5.54 Å². The summed E-state index contributed by atoms with van der Waals surface area (Å²) in [6.45, 7) is 8.37. The van der Waals surface area contributed by atoms with E-state index in [4.69, 9.17) is 32.9 Å². The molecule has 0 bridgehead atoms. The zero-order valence-corrected chi connectivity index (χ0v) is 23.1. The van der Waals surface area contributed by atoms with Gasteiger partial charge in [-0.25, -0.2) is 9.97 Å². The molecule has 0 saturated heterocycles. The van der Waals surface area contributed by atoms with Crippen molar-refractivity contribution < 1.29 is 9.53 Å². The maximum absolute atomic E-state index is 14.3. The van der Waals surface area contributed by atoms with Crippen molar-refractivity contribution in [3.05, 3.63) is 81.0 Å². The first-order valence-electron chi connectivity index (χ1n) is 12.3. The number of amides is 1. The van der Waals surface area contributed by atoms with Crippen molar-refractivity contribution in [1.82, 2.24) is 19.5 Å². The lowest BCUT2D eigenvalue weighted by Gasteiger charge is -2.38. The smallest absolute Gasteiger partial charge is 0.261 e. The lowest BCUT2D eigenvalue weighted by atomic mass is 9.86. The highest BCUT2D eigenvalue weighted by Crippen LogP contribution is 2.55. The minimum atomic E-state index is -1.20. The van der Waals surface area contributed by atoms with Gasteiger partial charge in [0.25, 0.3) is 5.91 Å². The average Bonchev–Trinajstić information content (AvgIpc) is 3.49. The Bertz CT molecular complexity index is 1630. The summed E-state index contributed by atoms with van der Waals surface area (Å²) >= 11 is 12.8. The molecular formula is C28H26Cl2N6O2. The normalized spacial score (nSPS) is 17.8. The summed E-state index contributed by atoms with van der Waals surface area (Å²) in [5.41, 5.74) is 4.40. The van der Waals surface area contributed by atoms with E-state index in [2.05, 4.69) is 38.6 Å². The molecule has 38 heavy (non-hydrogen) atoms. The Kier molecular flexibility index (Phi) is 5.66. The number of halogens is 2. The van der Waals surface area contributed by atoms with Gasteiger partial charge >= 0.3 is 0 Å². The maximum Gasteiger partial charge on any atom is 0.261 e. The standard InChI is InChI=1S/C28H26Cl2N6O2/c1-14(2)36-24-22(33-25(36)19-12-31-16(4)32-26(19)38-5)13-35(23-11-18(30)7-6-15(23)3)28(24)20-9-8-17(29)10-21(20)34-27(28)37/h6-12,14H,13H2,1-5H3,(H,34,37). The van der Waals surface area contributed by atoms with Gasteiger partial charge in [-0.3, -0.25) is 4.79 Å². The summed E-state index contributed by atoms with van der Waals surface area (Å²) in [4.78, 5) is 30.4. The minimum absolute atomic E-state index is 0.0475. The summed E-state index contributed by atoms with van der Waals surface area (Å²) < 4.78 is 7.73. The number of fused-ring (bicyclic) bond motifs is 4. The van der Waals surface area contributed by atoms with Crippen LogP contribution in [0.1, 0.15) is 48.2 Å². The molecule has 4 aromatic rings. The number of hydrogen-bond acceptors (Lipinski definition) is 6. The maximum atomic E-state index is 14.3. The number of anilines is 2. The van der Waals surface area contributed by atoms with Gasteiger partial charge in [0, 0.05) is 39.2 Å². The van der Waals surface area contributed by atoms with Gasteiger partial charge in [-0.15, -0.1) is 0 Å². The first-order chi connectivity index (χ1) is 18.2. The molecule has 1 atom stereocenters. The van der Waals surface area contributed by atoms with E-state index in [0.717, 1.165) is 28.2 Å². The van der Waals surface area contributed by atoms with Gasteiger partial charge in [-0.2, -0.15) is 4.98 Å². The first kappa shape index (κ1) is 24.7. The molecule has 1 amide bonds. The highest BCUT2D eigenvalue weighted by Gasteiger charge is 2.60. The van der Waals surface area contributed by atoms with Crippen molar-refractivity contribution in [2.75, 3.05) is 17.3 Å². The summed E-state index contributed by atoms with van der Waals surface area (Å²) in [5, 5.41) is 4.24. The van der Waals surface area contributed by atoms with Gasteiger partial charge in [0.1, 0.15) is 11.6 Å². The minimum Gasteiger partial charge on any atom is -0.480 e. The zero-order valence-electron chi connectivity index (χ0n) is 21.6. The number of methoxy groups -OCH3 is 1. The molecule has 6 rings (SSSR count). The van der Waals surface area contributed by atoms with Gasteiger partial charge < -0.3 is 19.5 Å². The molecule has 2 aromatic heterocycles. The van der Waals surface area contributed by atoms with Crippen LogP contribution in [-0.4, -0.2) is 32.5 Å². The molecule has 1 N–H and O–H groups in total. The summed E-state index contributed by atoms with van der Waals surface area (Å²) in [6, 6.07) is 11.2. The van der Waals surface area contributed by atoms with E-state index in [-0.39, 0.29) is 11.9 Å². The van der Waals surface area contributed by atoms with Crippen molar-refractivity contribution in [2.45, 2.75) is 45.8 Å². The topological polar surface area (TPSA) is 85.2 Å². The summed E-state index contributed by atoms with van der Waals surface area (Å²) in [5.74, 6) is 1.51. The Balaban J connectivity index is 1.70. The second-order valence-corrected chi connectivity index (χ2v) is 10.8. The Morgan fingerprint density at radius 3 is 2.55 bits per heavy atom. The molecule has 0 saturated carbocycles.